The lowest BCUT2D eigenvalue weighted by atomic mass is 10.1. The van der Waals surface area contributed by atoms with Gasteiger partial charge in [-0.15, -0.1) is 5.10 Å². The molecule has 0 atom stereocenters. The number of thiazole rings is 1. The van der Waals surface area contributed by atoms with Gasteiger partial charge in [-0.25, -0.2) is 10.4 Å². The Labute approximate surface area is 244 Å². The zero-order valence-corrected chi connectivity index (χ0v) is 24.0. The Morgan fingerprint density at radius 2 is 1.66 bits per heavy atom. The average molecular weight is 584 g/mol. The number of thioether (sulfide) groups is 1. The van der Waals surface area contributed by atoms with Crippen molar-refractivity contribution in [3.8, 4) is 5.75 Å². The smallest absolute Gasteiger partial charge is 0.283 e. The van der Waals surface area contributed by atoms with E-state index in [2.05, 4.69) is 20.8 Å². The molecule has 0 unspecified atom stereocenters. The molecule has 3 aromatic carbocycles. The second-order valence-corrected chi connectivity index (χ2v) is 10.9. The highest BCUT2D eigenvalue weighted by Crippen LogP contribution is 2.36. The minimum absolute atomic E-state index is 0.241. The number of carbonyl (C=O) groups excluding carboxylic acids is 3. The van der Waals surface area contributed by atoms with Gasteiger partial charge in [0.05, 0.1) is 23.4 Å². The summed E-state index contributed by atoms with van der Waals surface area (Å²) in [7, 11) is 1.55. The van der Waals surface area contributed by atoms with Crippen molar-refractivity contribution in [3.63, 3.8) is 0 Å². The number of hydrazone groups is 1. The van der Waals surface area contributed by atoms with E-state index >= 15 is 0 Å². The van der Waals surface area contributed by atoms with Crippen LogP contribution >= 0.6 is 23.1 Å². The highest BCUT2D eigenvalue weighted by Gasteiger charge is 2.35. The number of hydrogen-bond acceptors (Lipinski definition) is 8. The molecule has 1 fully saturated rings. The molecule has 1 aliphatic heterocycles. The molecule has 206 valence electrons. The number of amides is 3. The molecular weight excluding hydrogens is 558 g/mol. The summed E-state index contributed by atoms with van der Waals surface area (Å²) in [5, 5.41) is 7.63. The van der Waals surface area contributed by atoms with Gasteiger partial charge in [0.2, 0.25) is 0 Å². The molecule has 11 heteroatoms. The molecule has 9 nitrogen and oxygen atoms in total. The first-order valence-corrected chi connectivity index (χ1v) is 14.1. The van der Waals surface area contributed by atoms with Gasteiger partial charge in [0.15, 0.2) is 10.3 Å². The molecule has 0 bridgehead atoms. The fraction of sp³-hybridized carbons (Fsp3) is 0.100. The Morgan fingerprint density at radius 1 is 0.951 bits per heavy atom. The van der Waals surface area contributed by atoms with Crippen molar-refractivity contribution < 1.29 is 19.1 Å². The predicted octanol–water partition coefficient (Wildman–Crippen LogP) is 5.84. The summed E-state index contributed by atoms with van der Waals surface area (Å²) in [5.41, 5.74) is 6.01. The summed E-state index contributed by atoms with van der Waals surface area (Å²) in [6.07, 6.45) is 1.83. The van der Waals surface area contributed by atoms with E-state index in [0.29, 0.717) is 32.8 Å². The highest BCUT2D eigenvalue weighted by molar-refractivity contribution is 8.19. The number of hydrogen-bond donors (Lipinski definition) is 2. The predicted molar refractivity (Wildman–Crippen MR) is 163 cm³/mol. The Morgan fingerprint density at radius 3 is 2.37 bits per heavy atom. The summed E-state index contributed by atoms with van der Waals surface area (Å²) in [6, 6.07) is 23.5. The molecule has 1 aromatic heterocycles. The fourth-order valence-corrected chi connectivity index (χ4v) is 5.75. The van der Waals surface area contributed by atoms with Gasteiger partial charge < -0.3 is 4.74 Å². The number of rotatable bonds is 7. The van der Waals surface area contributed by atoms with Crippen LogP contribution in [0.3, 0.4) is 0 Å². The number of aromatic nitrogens is 1. The molecule has 3 amide bonds. The van der Waals surface area contributed by atoms with Crippen LogP contribution in [0.2, 0.25) is 0 Å². The van der Waals surface area contributed by atoms with Crippen molar-refractivity contribution in [1.29, 1.82) is 0 Å². The Balaban J connectivity index is 1.35. The molecule has 0 aliphatic carbocycles. The van der Waals surface area contributed by atoms with Gasteiger partial charge in [-0.05, 0) is 79.2 Å². The minimum atomic E-state index is -0.505. The normalized spacial score (nSPS) is 14.9. The molecule has 1 aliphatic rings. The lowest BCUT2D eigenvalue weighted by Crippen LogP contribution is -2.31. The van der Waals surface area contributed by atoms with Crippen LogP contribution in [0, 0.1) is 13.8 Å². The number of carbonyl (C=O) groups is 3. The van der Waals surface area contributed by atoms with Crippen molar-refractivity contribution in [2.45, 2.75) is 13.8 Å². The lowest BCUT2D eigenvalue weighted by Gasteiger charge is -2.15. The van der Waals surface area contributed by atoms with Crippen molar-refractivity contribution in [3.05, 3.63) is 111 Å². The maximum Gasteiger partial charge on any atom is 0.283 e. The number of benzene rings is 3. The van der Waals surface area contributed by atoms with Crippen molar-refractivity contribution in [1.82, 2.24) is 10.4 Å². The maximum atomic E-state index is 13.4. The second kappa shape index (κ2) is 12.2. The Bertz CT molecular complexity index is 1680. The van der Waals surface area contributed by atoms with Crippen LogP contribution in [0.4, 0.5) is 10.8 Å². The van der Waals surface area contributed by atoms with E-state index in [1.807, 2.05) is 55.5 Å². The number of ether oxygens (including phenoxy) is 1. The van der Waals surface area contributed by atoms with Crippen molar-refractivity contribution >= 4 is 62.9 Å². The monoisotopic (exact) mass is 583 g/mol. The van der Waals surface area contributed by atoms with Crippen LogP contribution < -0.4 is 20.4 Å². The number of nitrogens with one attached hydrogen (secondary N) is 2. The van der Waals surface area contributed by atoms with Gasteiger partial charge in [0.25, 0.3) is 17.7 Å². The Hall–Kier alpha value is -4.74. The van der Waals surface area contributed by atoms with Gasteiger partial charge in [-0.3, -0.25) is 24.6 Å². The van der Waals surface area contributed by atoms with Crippen LogP contribution in [0.15, 0.2) is 88.9 Å². The molecule has 2 heterocycles. The second-order valence-electron chi connectivity index (χ2n) is 8.89. The first kappa shape index (κ1) is 27.8. The van der Waals surface area contributed by atoms with E-state index in [4.69, 9.17) is 4.74 Å². The summed E-state index contributed by atoms with van der Waals surface area (Å²) < 4.78 is 5.12. The number of methoxy groups -OCH3 is 1. The van der Waals surface area contributed by atoms with Crippen LogP contribution in [0.1, 0.15) is 36.9 Å². The number of nitrogens with zero attached hydrogens (tertiary/aromatic N) is 3. The Kier molecular flexibility index (Phi) is 8.27. The highest BCUT2D eigenvalue weighted by atomic mass is 32.2. The van der Waals surface area contributed by atoms with Crippen molar-refractivity contribution in [2.75, 3.05) is 17.3 Å². The number of para-hydroxylation sites is 1. The summed E-state index contributed by atoms with van der Waals surface area (Å²) >= 11 is 2.21. The zero-order chi connectivity index (χ0) is 28.9. The first-order chi connectivity index (χ1) is 19.8. The standard InChI is InChI=1S/C30H25N5O4S2/c1-18-9-7-8-10-21(18)17-24-28(38)35(22-11-5-4-6-12-22)30(40-24)34-33-27(37)25-19(2)31-29(41-25)32-26(36)20-13-15-23(39-3)16-14-20/h4-17H,1-3H3,(H,33,37)(H,31,32,36)/b24-17+,34-30+. The van der Waals surface area contributed by atoms with E-state index in [1.54, 1.807) is 50.4 Å². The molecule has 41 heavy (non-hydrogen) atoms. The van der Waals surface area contributed by atoms with Gasteiger partial charge in [-0.2, -0.15) is 0 Å². The molecule has 2 N–H and O–H groups in total. The lowest BCUT2D eigenvalue weighted by molar-refractivity contribution is -0.113. The van der Waals surface area contributed by atoms with Crippen LogP contribution in [0.5, 0.6) is 5.75 Å². The topological polar surface area (TPSA) is 113 Å². The van der Waals surface area contributed by atoms with E-state index in [9.17, 15) is 14.4 Å². The molecule has 0 radical (unpaired) electrons. The number of amidine groups is 1. The van der Waals surface area contributed by atoms with Crippen LogP contribution in [-0.2, 0) is 4.79 Å². The summed E-state index contributed by atoms with van der Waals surface area (Å²) in [5.74, 6) is -0.469. The third-order valence-corrected chi connectivity index (χ3v) is 8.16. The summed E-state index contributed by atoms with van der Waals surface area (Å²) in [4.78, 5) is 45.7. The van der Waals surface area contributed by atoms with Gasteiger partial charge in [0.1, 0.15) is 10.6 Å². The van der Waals surface area contributed by atoms with Gasteiger partial charge in [-0.1, -0.05) is 53.8 Å². The van der Waals surface area contributed by atoms with Crippen molar-refractivity contribution in [2.24, 2.45) is 5.10 Å². The molecule has 1 saturated heterocycles. The average Bonchev–Trinajstić information content (AvgIpc) is 3.51. The van der Waals surface area contributed by atoms with Crippen LogP contribution in [-0.4, -0.2) is 35.0 Å². The first-order valence-electron chi connectivity index (χ1n) is 12.5. The van der Waals surface area contributed by atoms with E-state index in [0.717, 1.165) is 22.5 Å². The third kappa shape index (κ3) is 6.21. The van der Waals surface area contributed by atoms with E-state index in [1.165, 1.54) is 16.7 Å². The molecule has 0 saturated carbocycles. The molecular formula is C30H25N5O4S2. The van der Waals surface area contributed by atoms with E-state index in [-0.39, 0.29) is 21.8 Å². The number of anilines is 2. The zero-order valence-electron chi connectivity index (χ0n) is 22.4. The summed E-state index contributed by atoms with van der Waals surface area (Å²) in [6.45, 7) is 3.65. The van der Waals surface area contributed by atoms with Crippen LogP contribution in [0.25, 0.3) is 6.08 Å². The molecule has 4 aromatic rings. The SMILES string of the molecule is COc1ccc(C(=O)Nc2nc(C)c(C(=O)N/N=C3/S/C(=C/c4ccccc4C)C(=O)N3c3ccccc3)s2)cc1. The quantitative estimate of drug-likeness (QED) is 0.209. The fourth-order valence-electron chi connectivity index (χ4n) is 3.97. The minimum Gasteiger partial charge on any atom is -0.497 e. The molecule has 5 rings (SSSR count). The van der Waals surface area contributed by atoms with Gasteiger partial charge in [0, 0.05) is 5.56 Å². The molecule has 0 spiro atoms. The third-order valence-electron chi connectivity index (χ3n) is 6.12. The van der Waals surface area contributed by atoms with E-state index < -0.39 is 5.91 Å². The van der Waals surface area contributed by atoms with Gasteiger partial charge >= 0.3 is 0 Å². The number of aryl methyl sites for hydroxylation is 2. The maximum absolute atomic E-state index is 13.4. The largest absolute Gasteiger partial charge is 0.497 e.